The maximum atomic E-state index is 12.2. The van der Waals surface area contributed by atoms with Crippen LogP contribution in [0.15, 0.2) is 48.1 Å². The van der Waals surface area contributed by atoms with Crippen LogP contribution in [-0.2, 0) is 7.05 Å². The smallest absolute Gasteiger partial charge is 0.294 e. The Morgan fingerprint density at radius 2 is 1.95 bits per heavy atom. The molecular formula is C17H19N3OS. The zero-order valence-corrected chi connectivity index (χ0v) is 13.7. The van der Waals surface area contributed by atoms with E-state index in [1.54, 1.807) is 28.2 Å². The summed E-state index contributed by atoms with van der Waals surface area (Å²) in [5.41, 5.74) is 1.38. The number of aromatic nitrogens is 3. The van der Waals surface area contributed by atoms with Crippen LogP contribution in [0.2, 0.25) is 0 Å². The molecule has 0 aliphatic carbocycles. The van der Waals surface area contributed by atoms with Crippen LogP contribution in [-0.4, -0.2) is 20.3 Å². The van der Waals surface area contributed by atoms with Crippen molar-refractivity contribution in [1.29, 1.82) is 0 Å². The summed E-state index contributed by atoms with van der Waals surface area (Å²) in [6.07, 6.45) is 7.42. The molecule has 22 heavy (non-hydrogen) atoms. The van der Waals surface area contributed by atoms with Crippen molar-refractivity contribution in [2.45, 2.75) is 13.8 Å². The molecule has 0 aliphatic rings. The van der Waals surface area contributed by atoms with Gasteiger partial charge in [-0.2, -0.15) is 5.10 Å². The van der Waals surface area contributed by atoms with E-state index in [4.69, 9.17) is 0 Å². The van der Waals surface area contributed by atoms with Crippen molar-refractivity contribution in [3.63, 3.8) is 0 Å². The van der Waals surface area contributed by atoms with Crippen molar-refractivity contribution in [1.82, 2.24) is 14.3 Å². The summed E-state index contributed by atoms with van der Waals surface area (Å²) >= 11 is 1.66. The van der Waals surface area contributed by atoms with E-state index in [2.05, 4.69) is 5.10 Å². The molecule has 0 fully saturated rings. The Morgan fingerprint density at radius 3 is 2.59 bits per heavy atom. The van der Waals surface area contributed by atoms with Crippen molar-refractivity contribution in [2.24, 2.45) is 7.05 Å². The minimum Gasteiger partial charge on any atom is -0.347 e. The van der Waals surface area contributed by atoms with Crippen LogP contribution >= 0.6 is 11.3 Å². The highest BCUT2D eigenvalue weighted by Gasteiger charge is 2.12. The van der Waals surface area contributed by atoms with Crippen LogP contribution in [0.25, 0.3) is 12.2 Å². The van der Waals surface area contributed by atoms with E-state index in [0.717, 1.165) is 10.6 Å². The molecule has 0 saturated heterocycles. The normalized spacial score (nSPS) is 10.5. The average Bonchev–Trinajstić information content (AvgIpc) is 3.28. The number of carbonyl (C=O) groups is 1. The molecule has 5 heteroatoms. The minimum absolute atomic E-state index is 0.131. The second kappa shape index (κ2) is 7.56. The third kappa shape index (κ3) is 3.62. The lowest BCUT2D eigenvalue weighted by molar-refractivity contribution is 0.0937. The molecule has 3 aromatic heterocycles. The summed E-state index contributed by atoms with van der Waals surface area (Å²) in [7, 11) is 1.84. The molecule has 3 heterocycles. The summed E-state index contributed by atoms with van der Waals surface area (Å²) in [6.45, 7) is 4.00. The second-order valence-electron chi connectivity index (χ2n) is 4.34. The quantitative estimate of drug-likeness (QED) is 0.728. The van der Waals surface area contributed by atoms with E-state index in [0.29, 0.717) is 5.69 Å². The molecule has 0 amide bonds. The lowest BCUT2D eigenvalue weighted by Crippen LogP contribution is -2.15. The number of nitrogens with zero attached hydrogens (tertiary/aromatic N) is 3. The van der Waals surface area contributed by atoms with E-state index < -0.39 is 0 Å². The zero-order valence-electron chi connectivity index (χ0n) is 12.9. The molecule has 0 unspecified atom stereocenters. The molecule has 0 N–H and O–H groups in total. The maximum absolute atomic E-state index is 12.2. The number of aryl methyl sites for hydroxylation is 1. The van der Waals surface area contributed by atoms with Gasteiger partial charge in [0, 0.05) is 24.3 Å². The first-order chi connectivity index (χ1) is 10.7. The van der Waals surface area contributed by atoms with Gasteiger partial charge in [0.15, 0.2) is 0 Å². The molecule has 0 atom stereocenters. The van der Waals surface area contributed by atoms with E-state index in [-0.39, 0.29) is 5.91 Å². The Bertz CT molecular complexity index is 751. The topological polar surface area (TPSA) is 39.8 Å². The van der Waals surface area contributed by atoms with Gasteiger partial charge in [-0.25, -0.2) is 4.68 Å². The van der Waals surface area contributed by atoms with Crippen molar-refractivity contribution < 1.29 is 4.79 Å². The molecule has 4 nitrogen and oxygen atoms in total. The average molecular weight is 313 g/mol. The molecule has 114 valence electrons. The highest BCUT2D eigenvalue weighted by atomic mass is 32.1. The van der Waals surface area contributed by atoms with Crippen molar-refractivity contribution in [3.05, 3.63) is 64.4 Å². The third-order valence-electron chi connectivity index (χ3n) is 2.94. The van der Waals surface area contributed by atoms with Crippen LogP contribution < -0.4 is 0 Å². The Labute approximate surface area is 134 Å². The molecule has 3 aromatic rings. The van der Waals surface area contributed by atoms with E-state index in [9.17, 15) is 4.79 Å². The lowest BCUT2D eigenvalue weighted by atomic mass is 10.3. The van der Waals surface area contributed by atoms with Crippen LogP contribution in [0.4, 0.5) is 0 Å². The summed E-state index contributed by atoms with van der Waals surface area (Å²) in [5.74, 6) is -0.131. The van der Waals surface area contributed by atoms with E-state index in [1.807, 2.05) is 68.9 Å². The molecular weight excluding hydrogens is 294 g/mol. The van der Waals surface area contributed by atoms with Crippen molar-refractivity contribution in [2.75, 3.05) is 0 Å². The lowest BCUT2D eigenvalue weighted by Gasteiger charge is -2.01. The number of rotatable bonds is 3. The van der Waals surface area contributed by atoms with Crippen molar-refractivity contribution >= 4 is 29.4 Å². The predicted octanol–water partition coefficient (Wildman–Crippen LogP) is 4.17. The highest BCUT2D eigenvalue weighted by molar-refractivity contribution is 7.10. The Hall–Kier alpha value is -2.40. The fraction of sp³-hybridized carbons (Fsp3) is 0.176. The maximum Gasteiger partial charge on any atom is 0.294 e. The molecule has 0 saturated carbocycles. The van der Waals surface area contributed by atoms with Crippen LogP contribution in [0.1, 0.15) is 34.9 Å². The molecule has 0 aromatic carbocycles. The summed E-state index contributed by atoms with van der Waals surface area (Å²) in [4.78, 5) is 13.4. The Balaban J connectivity index is 0.000000847. The van der Waals surface area contributed by atoms with Crippen LogP contribution in [0, 0.1) is 0 Å². The van der Waals surface area contributed by atoms with Gasteiger partial charge in [0.2, 0.25) is 0 Å². The third-order valence-corrected chi connectivity index (χ3v) is 3.78. The fourth-order valence-electron chi connectivity index (χ4n) is 1.89. The minimum atomic E-state index is -0.131. The van der Waals surface area contributed by atoms with Gasteiger partial charge in [-0.15, -0.1) is 11.3 Å². The molecule has 0 bridgehead atoms. The molecule has 0 radical (unpaired) electrons. The van der Waals surface area contributed by atoms with Gasteiger partial charge in [-0.3, -0.25) is 4.79 Å². The zero-order chi connectivity index (χ0) is 15.9. The van der Waals surface area contributed by atoms with Gasteiger partial charge in [0.1, 0.15) is 5.69 Å². The molecule has 0 spiro atoms. The first-order valence-electron chi connectivity index (χ1n) is 7.17. The summed E-state index contributed by atoms with van der Waals surface area (Å²) < 4.78 is 3.15. The second-order valence-corrected chi connectivity index (χ2v) is 5.32. The number of hydrogen-bond acceptors (Lipinski definition) is 3. The monoisotopic (exact) mass is 313 g/mol. The van der Waals surface area contributed by atoms with Gasteiger partial charge in [-0.05, 0) is 41.8 Å². The number of carbonyl (C=O) groups excluding carboxylic acids is 1. The van der Waals surface area contributed by atoms with Gasteiger partial charge in [0.25, 0.3) is 5.91 Å². The van der Waals surface area contributed by atoms with Gasteiger partial charge < -0.3 is 4.57 Å². The SMILES string of the molecule is CC.Cn1cccc1C(=O)n1ccc(/C=C/c2cccs2)n1. The van der Waals surface area contributed by atoms with Gasteiger partial charge in [-0.1, -0.05) is 19.9 Å². The van der Waals surface area contributed by atoms with E-state index >= 15 is 0 Å². The van der Waals surface area contributed by atoms with Crippen LogP contribution in [0.3, 0.4) is 0 Å². The van der Waals surface area contributed by atoms with E-state index in [1.165, 1.54) is 4.68 Å². The van der Waals surface area contributed by atoms with Gasteiger partial charge >= 0.3 is 0 Å². The highest BCUT2D eigenvalue weighted by Crippen LogP contribution is 2.12. The fourth-order valence-corrected chi connectivity index (χ4v) is 2.51. The van der Waals surface area contributed by atoms with Gasteiger partial charge in [0.05, 0.1) is 5.69 Å². The summed E-state index contributed by atoms with van der Waals surface area (Å²) in [6, 6.07) is 9.49. The standard InChI is InChI=1S/C15H13N3OS.C2H6/c1-17-9-2-5-14(17)15(19)18-10-8-12(16-18)6-7-13-4-3-11-20-13;1-2/h2-11H,1H3;1-2H3/b7-6+;. The Morgan fingerprint density at radius 1 is 1.14 bits per heavy atom. The Kier molecular flexibility index (Phi) is 5.49. The predicted molar refractivity (Wildman–Crippen MR) is 92.0 cm³/mol. The van der Waals surface area contributed by atoms with Crippen LogP contribution in [0.5, 0.6) is 0 Å². The summed E-state index contributed by atoms with van der Waals surface area (Å²) in [5, 5.41) is 6.30. The largest absolute Gasteiger partial charge is 0.347 e. The number of thiophene rings is 1. The molecule has 0 aliphatic heterocycles. The first kappa shape index (κ1) is 16.0. The first-order valence-corrected chi connectivity index (χ1v) is 8.05. The molecule has 3 rings (SSSR count). The van der Waals surface area contributed by atoms with Crippen molar-refractivity contribution in [3.8, 4) is 0 Å². The number of hydrogen-bond donors (Lipinski definition) is 0.